The van der Waals surface area contributed by atoms with Gasteiger partial charge in [-0.1, -0.05) is 22.0 Å². The van der Waals surface area contributed by atoms with Crippen molar-refractivity contribution < 1.29 is 8.42 Å². The molecule has 0 unspecified atom stereocenters. The molecule has 1 aromatic rings. The molecule has 0 atom stereocenters. The molecule has 0 aromatic heterocycles. The van der Waals surface area contributed by atoms with E-state index in [0.29, 0.717) is 18.0 Å². The Morgan fingerprint density at radius 2 is 1.78 bits per heavy atom. The van der Waals surface area contributed by atoms with Gasteiger partial charge in [-0.25, -0.2) is 8.42 Å². The van der Waals surface area contributed by atoms with Crippen molar-refractivity contribution >= 4 is 26.0 Å². The molecule has 1 aliphatic rings. The highest BCUT2D eigenvalue weighted by atomic mass is 79.9. The number of likely N-dealkylation sites (N-methyl/N-ethyl adjacent to an activating group) is 1. The molecule has 1 heterocycles. The maximum Gasteiger partial charge on any atom is 0.243 e. The van der Waals surface area contributed by atoms with E-state index in [0.717, 1.165) is 23.1 Å². The molecule has 6 heteroatoms. The van der Waals surface area contributed by atoms with Gasteiger partial charge in [0.25, 0.3) is 0 Å². The Bertz CT molecular complexity index is 537. The van der Waals surface area contributed by atoms with Gasteiger partial charge in [0.15, 0.2) is 0 Å². The van der Waals surface area contributed by atoms with Crippen LogP contribution in [0.4, 0.5) is 0 Å². The summed E-state index contributed by atoms with van der Waals surface area (Å²) in [6.07, 6.45) is 0. The van der Waals surface area contributed by atoms with Crippen LogP contribution in [-0.4, -0.2) is 50.8 Å². The molecular formula is C12H17BrN2O2S. The topological polar surface area (TPSA) is 40.6 Å². The number of sulfonamides is 1. The fourth-order valence-electron chi connectivity index (χ4n) is 2.02. The molecule has 0 amide bonds. The van der Waals surface area contributed by atoms with Gasteiger partial charge in [-0.2, -0.15) is 4.31 Å². The van der Waals surface area contributed by atoms with E-state index in [9.17, 15) is 8.42 Å². The van der Waals surface area contributed by atoms with E-state index >= 15 is 0 Å². The second-order valence-electron chi connectivity index (χ2n) is 4.62. The van der Waals surface area contributed by atoms with Crippen LogP contribution in [0.3, 0.4) is 0 Å². The molecule has 4 nitrogen and oxygen atoms in total. The van der Waals surface area contributed by atoms with Gasteiger partial charge in [-0.3, -0.25) is 0 Å². The van der Waals surface area contributed by atoms with Crippen molar-refractivity contribution in [2.45, 2.75) is 11.8 Å². The molecule has 0 N–H and O–H groups in total. The second kappa shape index (κ2) is 5.28. The molecule has 0 radical (unpaired) electrons. The van der Waals surface area contributed by atoms with Crippen molar-refractivity contribution in [3.05, 3.63) is 28.2 Å². The lowest BCUT2D eigenvalue weighted by molar-refractivity contribution is 0.222. The summed E-state index contributed by atoms with van der Waals surface area (Å²) in [6.45, 7) is 4.52. The maximum atomic E-state index is 12.6. The summed E-state index contributed by atoms with van der Waals surface area (Å²) in [7, 11) is -1.35. The van der Waals surface area contributed by atoms with Crippen LogP contribution in [0.1, 0.15) is 5.56 Å². The monoisotopic (exact) mass is 332 g/mol. The normalized spacial score (nSPS) is 19.1. The smallest absolute Gasteiger partial charge is 0.243 e. The number of hydrogen-bond donors (Lipinski definition) is 0. The molecule has 18 heavy (non-hydrogen) atoms. The van der Waals surface area contributed by atoms with Gasteiger partial charge in [0.2, 0.25) is 10.0 Å². The van der Waals surface area contributed by atoms with Gasteiger partial charge in [0.1, 0.15) is 0 Å². The largest absolute Gasteiger partial charge is 0.304 e. The highest BCUT2D eigenvalue weighted by molar-refractivity contribution is 9.10. The molecule has 1 aliphatic heterocycles. The first-order chi connectivity index (χ1) is 8.41. The Labute approximate surface area is 117 Å². The van der Waals surface area contributed by atoms with Gasteiger partial charge in [0.05, 0.1) is 4.90 Å². The Balaban J connectivity index is 2.33. The standard InChI is InChI=1S/C12H17BrN2O2S/c1-10-3-4-11(13)9-12(10)18(16,17)15-7-5-14(2)6-8-15/h3-4,9H,5-8H2,1-2H3. The first-order valence-corrected chi connectivity index (χ1v) is 8.09. The maximum absolute atomic E-state index is 12.6. The Kier molecular flexibility index (Phi) is 4.11. The zero-order valence-electron chi connectivity index (χ0n) is 10.6. The summed E-state index contributed by atoms with van der Waals surface area (Å²) in [6, 6.07) is 5.37. The summed E-state index contributed by atoms with van der Waals surface area (Å²) in [5.41, 5.74) is 0.789. The first kappa shape index (κ1) is 14.0. The van der Waals surface area contributed by atoms with Crippen LogP contribution in [0.15, 0.2) is 27.6 Å². The van der Waals surface area contributed by atoms with Gasteiger partial charge in [-0.05, 0) is 31.7 Å². The van der Waals surface area contributed by atoms with Crippen LogP contribution >= 0.6 is 15.9 Å². The fraction of sp³-hybridized carbons (Fsp3) is 0.500. The predicted octanol–water partition coefficient (Wildman–Crippen LogP) is 1.69. The van der Waals surface area contributed by atoms with Gasteiger partial charge in [-0.15, -0.1) is 0 Å². The van der Waals surface area contributed by atoms with E-state index in [2.05, 4.69) is 20.8 Å². The predicted molar refractivity (Wildman–Crippen MR) is 75.1 cm³/mol. The zero-order chi connectivity index (χ0) is 13.3. The van der Waals surface area contributed by atoms with Crippen molar-refractivity contribution in [1.29, 1.82) is 0 Å². The summed E-state index contributed by atoms with van der Waals surface area (Å²) in [5.74, 6) is 0. The first-order valence-electron chi connectivity index (χ1n) is 5.86. The molecular weight excluding hydrogens is 316 g/mol. The van der Waals surface area contributed by atoms with Crippen LogP contribution in [0.25, 0.3) is 0 Å². The molecule has 2 rings (SSSR count). The van der Waals surface area contributed by atoms with E-state index < -0.39 is 10.0 Å². The molecule has 1 fully saturated rings. The molecule has 1 saturated heterocycles. The molecule has 0 bridgehead atoms. The van der Waals surface area contributed by atoms with Crippen molar-refractivity contribution in [3.8, 4) is 0 Å². The van der Waals surface area contributed by atoms with Crippen LogP contribution < -0.4 is 0 Å². The molecule has 100 valence electrons. The van der Waals surface area contributed by atoms with Crippen molar-refractivity contribution in [1.82, 2.24) is 9.21 Å². The number of rotatable bonds is 2. The third kappa shape index (κ3) is 2.77. The van der Waals surface area contributed by atoms with Gasteiger partial charge < -0.3 is 4.90 Å². The Hall–Kier alpha value is -0.430. The van der Waals surface area contributed by atoms with Crippen molar-refractivity contribution in [2.24, 2.45) is 0 Å². The summed E-state index contributed by atoms with van der Waals surface area (Å²) < 4.78 is 27.5. The molecule has 1 aromatic carbocycles. The summed E-state index contributed by atoms with van der Waals surface area (Å²) >= 11 is 3.33. The van der Waals surface area contributed by atoms with E-state index in [4.69, 9.17) is 0 Å². The third-order valence-corrected chi connectivity index (χ3v) is 5.76. The molecule has 0 saturated carbocycles. The van der Waals surface area contributed by atoms with Crippen LogP contribution in [-0.2, 0) is 10.0 Å². The number of benzene rings is 1. The average molecular weight is 333 g/mol. The van der Waals surface area contributed by atoms with Crippen LogP contribution in [0.5, 0.6) is 0 Å². The third-order valence-electron chi connectivity index (χ3n) is 3.23. The Morgan fingerprint density at radius 3 is 2.39 bits per heavy atom. The van der Waals surface area contributed by atoms with E-state index in [1.54, 1.807) is 10.4 Å². The minimum Gasteiger partial charge on any atom is -0.304 e. The van der Waals surface area contributed by atoms with E-state index in [-0.39, 0.29) is 0 Å². The lowest BCUT2D eigenvalue weighted by Gasteiger charge is -2.31. The van der Waals surface area contributed by atoms with E-state index in [1.807, 2.05) is 26.1 Å². The summed E-state index contributed by atoms with van der Waals surface area (Å²) in [5, 5.41) is 0. The minimum absolute atomic E-state index is 0.404. The van der Waals surface area contributed by atoms with Crippen LogP contribution in [0.2, 0.25) is 0 Å². The number of halogens is 1. The van der Waals surface area contributed by atoms with E-state index in [1.165, 1.54) is 0 Å². The highest BCUT2D eigenvalue weighted by Gasteiger charge is 2.28. The van der Waals surface area contributed by atoms with Gasteiger partial charge >= 0.3 is 0 Å². The number of hydrogen-bond acceptors (Lipinski definition) is 3. The zero-order valence-corrected chi connectivity index (χ0v) is 13.0. The fourth-order valence-corrected chi connectivity index (χ4v) is 4.20. The number of nitrogens with zero attached hydrogens (tertiary/aromatic N) is 2. The van der Waals surface area contributed by atoms with Crippen molar-refractivity contribution in [2.75, 3.05) is 33.2 Å². The number of piperazine rings is 1. The molecule has 0 spiro atoms. The lowest BCUT2D eigenvalue weighted by Crippen LogP contribution is -2.47. The van der Waals surface area contributed by atoms with Crippen molar-refractivity contribution in [3.63, 3.8) is 0 Å². The number of aryl methyl sites for hydroxylation is 1. The van der Waals surface area contributed by atoms with Gasteiger partial charge in [0, 0.05) is 30.7 Å². The van der Waals surface area contributed by atoms with Crippen LogP contribution in [0, 0.1) is 6.92 Å². The SMILES string of the molecule is Cc1ccc(Br)cc1S(=O)(=O)N1CCN(C)CC1. The minimum atomic E-state index is -3.36. The summed E-state index contributed by atoms with van der Waals surface area (Å²) in [4.78, 5) is 2.54. The Morgan fingerprint density at radius 1 is 1.17 bits per heavy atom. The second-order valence-corrected chi connectivity index (χ2v) is 7.44. The lowest BCUT2D eigenvalue weighted by atomic mass is 10.2. The molecule has 0 aliphatic carbocycles. The quantitative estimate of drug-likeness (QED) is 0.827. The average Bonchev–Trinajstić information content (AvgIpc) is 2.32. The highest BCUT2D eigenvalue weighted by Crippen LogP contribution is 2.24.